The van der Waals surface area contributed by atoms with Gasteiger partial charge in [0.1, 0.15) is 12.4 Å². The van der Waals surface area contributed by atoms with Crippen LogP contribution in [-0.2, 0) is 22.6 Å². The van der Waals surface area contributed by atoms with Crippen molar-refractivity contribution >= 4 is 28.5 Å². The number of hydrogen-bond donors (Lipinski definition) is 2. The van der Waals surface area contributed by atoms with Crippen LogP contribution in [0.25, 0.3) is 11.0 Å². The molecule has 6 nitrogen and oxygen atoms in total. The molecule has 0 aliphatic rings. The van der Waals surface area contributed by atoms with Crippen LogP contribution in [0.5, 0.6) is 0 Å². The number of hydrogen-bond acceptors (Lipinski definition) is 3. The summed E-state index contributed by atoms with van der Waals surface area (Å²) in [5, 5.41) is 5.78. The summed E-state index contributed by atoms with van der Waals surface area (Å²) in [5.74, 6) is 0.683. The molecule has 2 amide bonds. The first-order chi connectivity index (χ1) is 13.1. The number of nitrogens with one attached hydrogen (secondary N) is 2. The summed E-state index contributed by atoms with van der Waals surface area (Å²) in [6, 6.07) is 15.4. The van der Waals surface area contributed by atoms with E-state index >= 15 is 0 Å². The minimum Gasteiger partial charge on any atom is -0.356 e. The molecule has 1 heterocycles. The summed E-state index contributed by atoms with van der Waals surface area (Å²) in [7, 11) is 0. The van der Waals surface area contributed by atoms with Crippen molar-refractivity contribution in [2.75, 3.05) is 11.9 Å². The van der Waals surface area contributed by atoms with Crippen molar-refractivity contribution in [1.82, 2.24) is 14.9 Å². The summed E-state index contributed by atoms with van der Waals surface area (Å²) >= 11 is 0. The number of imidazole rings is 1. The average molecular weight is 364 g/mol. The van der Waals surface area contributed by atoms with E-state index in [1.807, 2.05) is 66.9 Å². The Morgan fingerprint density at radius 3 is 2.52 bits per heavy atom. The van der Waals surface area contributed by atoms with Gasteiger partial charge in [0.05, 0.1) is 11.0 Å². The molecular formula is C21H24N4O2. The zero-order chi connectivity index (χ0) is 19.2. The van der Waals surface area contributed by atoms with Gasteiger partial charge in [0, 0.05) is 25.1 Å². The zero-order valence-electron chi connectivity index (χ0n) is 15.7. The lowest BCUT2D eigenvalue weighted by atomic mass is 10.2. The summed E-state index contributed by atoms with van der Waals surface area (Å²) in [6.45, 7) is 4.49. The van der Waals surface area contributed by atoms with Crippen molar-refractivity contribution in [2.24, 2.45) is 0 Å². The third-order valence-electron chi connectivity index (χ3n) is 4.36. The molecule has 27 heavy (non-hydrogen) atoms. The molecule has 140 valence electrons. The van der Waals surface area contributed by atoms with Crippen LogP contribution in [0.15, 0.2) is 48.5 Å². The van der Waals surface area contributed by atoms with Gasteiger partial charge in [0.2, 0.25) is 11.8 Å². The van der Waals surface area contributed by atoms with Crippen LogP contribution in [0.1, 0.15) is 24.7 Å². The minimum atomic E-state index is -0.110. The first kappa shape index (κ1) is 18.6. The van der Waals surface area contributed by atoms with Gasteiger partial charge in [-0.05, 0) is 31.2 Å². The molecule has 3 aromatic rings. The predicted octanol–water partition coefficient (Wildman–Crippen LogP) is 3.05. The molecule has 0 atom stereocenters. The smallest absolute Gasteiger partial charge is 0.244 e. The largest absolute Gasteiger partial charge is 0.356 e. The number of amides is 2. The van der Waals surface area contributed by atoms with Gasteiger partial charge < -0.3 is 15.2 Å². The first-order valence-electron chi connectivity index (χ1n) is 9.14. The molecule has 0 aliphatic carbocycles. The Balaban J connectivity index is 1.76. The monoisotopic (exact) mass is 364 g/mol. The second-order valence-electron chi connectivity index (χ2n) is 6.47. The van der Waals surface area contributed by atoms with Crippen LogP contribution < -0.4 is 10.6 Å². The van der Waals surface area contributed by atoms with E-state index in [0.29, 0.717) is 19.4 Å². The maximum Gasteiger partial charge on any atom is 0.244 e. The number of aromatic nitrogens is 2. The van der Waals surface area contributed by atoms with Crippen molar-refractivity contribution in [1.29, 1.82) is 0 Å². The lowest BCUT2D eigenvalue weighted by Crippen LogP contribution is -2.26. The van der Waals surface area contributed by atoms with Crippen LogP contribution in [-0.4, -0.2) is 27.9 Å². The summed E-state index contributed by atoms with van der Waals surface area (Å²) < 4.78 is 1.91. The fraction of sp³-hybridized carbons (Fsp3) is 0.286. The molecule has 0 saturated heterocycles. The fourth-order valence-corrected chi connectivity index (χ4v) is 2.91. The third-order valence-corrected chi connectivity index (χ3v) is 4.36. The highest BCUT2D eigenvalue weighted by Crippen LogP contribution is 2.17. The van der Waals surface area contributed by atoms with Crippen LogP contribution in [0.2, 0.25) is 0 Å². The van der Waals surface area contributed by atoms with Crippen LogP contribution in [0.4, 0.5) is 5.69 Å². The molecule has 0 radical (unpaired) electrons. The van der Waals surface area contributed by atoms with Gasteiger partial charge in [-0.15, -0.1) is 0 Å². The number of para-hydroxylation sites is 2. The SMILES string of the molecule is CCC(=O)NCCc1nc2ccccc2n1CC(=O)Nc1ccc(C)cc1. The van der Waals surface area contributed by atoms with Gasteiger partial charge in [-0.3, -0.25) is 9.59 Å². The number of nitrogens with zero attached hydrogens (tertiary/aromatic N) is 2. The molecule has 2 aromatic carbocycles. The van der Waals surface area contributed by atoms with Crippen molar-refractivity contribution in [2.45, 2.75) is 33.2 Å². The fourth-order valence-electron chi connectivity index (χ4n) is 2.91. The molecule has 2 N–H and O–H groups in total. The maximum absolute atomic E-state index is 12.6. The molecule has 0 aliphatic heterocycles. The second-order valence-corrected chi connectivity index (χ2v) is 6.47. The number of fused-ring (bicyclic) bond motifs is 1. The molecule has 0 saturated carbocycles. The highest BCUT2D eigenvalue weighted by Gasteiger charge is 2.14. The van der Waals surface area contributed by atoms with Gasteiger partial charge in [-0.1, -0.05) is 36.8 Å². The second kappa shape index (κ2) is 8.49. The van der Waals surface area contributed by atoms with Crippen molar-refractivity contribution < 1.29 is 9.59 Å². The summed E-state index contributed by atoms with van der Waals surface area (Å²) in [4.78, 5) is 28.7. The number of rotatable bonds is 7. The first-order valence-corrected chi connectivity index (χ1v) is 9.14. The molecule has 1 aromatic heterocycles. The van der Waals surface area contributed by atoms with E-state index in [4.69, 9.17) is 0 Å². The summed E-state index contributed by atoms with van der Waals surface area (Å²) in [5.41, 5.74) is 3.67. The van der Waals surface area contributed by atoms with Gasteiger partial charge in [0.15, 0.2) is 0 Å². The minimum absolute atomic E-state index is 0.00905. The van der Waals surface area contributed by atoms with Gasteiger partial charge in [-0.2, -0.15) is 0 Å². The quantitative estimate of drug-likeness (QED) is 0.676. The van der Waals surface area contributed by atoms with E-state index in [-0.39, 0.29) is 18.4 Å². The van der Waals surface area contributed by atoms with E-state index in [1.54, 1.807) is 0 Å². The Morgan fingerprint density at radius 2 is 1.78 bits per heavy atom. The third kappa shape index (κ3) is 4.73. The molecule has 0 spiro atoms. The van der Waals surface area contributed by atoms with Crippen molar-refractivity contribution in [3.63, 3.8) is 0 Å². The van der Waals surface area contributed by atoms with Crippen LogP contribution >= 0.6 is 0 Å². The molecular weight excluding hydrogens is 340 g/mol. The van der Waals surface area contributed by atoms with E-state index in [0.717, 1.165) is 28.1 Å². The lowest BCUT2D eigenvalue weighted by molar-refractivity contribution is -0.120. The van der Waals surface area contributed by atoms with Gasteiger partial charge >= 0.3 is 0 Å². The topological polar surface area (TPSA) is 76.0 Å². The number of carbonyl (C=O) groups excluding carboxylic acids is 2. The van der Waals surface area contributed by atoms with E-state index in [1.165, 1.54) is 0 Å². The number of aryl methyl sites for hydroxylation is 1. The highest BCUT2D eigenvalue weighted by atomic mass is 16.2. The summed E-state index contributed by atoms with van der Waals surface area (Å²) in [6.07, 6.45) is 1.02. The predicted molar refractivity (Wildman–Crippen MR) is 107 cm³/mol. The van der Waals surface area contributed by atoms with Crippen LogP contribution in [0.3, 0.4) is 0 Å². The lowest BCUT2D eigenvalue weighted by Gasteiger charge is -2.11. The Hall–Kier alpha value is -3.15. The average Bonchev–Trinajstić information content (AvgIpc) is 3.01. The molecule has 0 unspecified atom stereocenters. The molecule has 0 bridgehead atoms. The Bertz CT molecular complexity index is 944. The normalized spacial score (nSPS) is 10.7. The standard InChI is InChI=1S/C21H24N4O2/c1-3-20(26)22-13-12-19-24-17-6-4-5-7-18(17)25(19)14-21(27)23-16-10-8-15(2)9-11-16/h4-11H,3,12-14H2,1-2H3,(H,22,26)(H,23,27). The van der Waals surface area contributed by atoms with Crippen molar-refractivity contribution in [3.05, 3.63) is 59.9 Å². The van der Waals surface area contributed by atoms with Gasteiger partial charge in [0.25, 0.3) is 0 Å². The number of benzene rings is 2. The zero-order valence-corrected chi connectivity index (χ0v) is 15.7. The maximum atomic E-state index is 12.6. The number of anilines is 1. The van der Waals surface area contributed by atoms with E-state index < -0.39 is 0 Å². The Morgan fingerprint density at radius 1 is 1.04 bits per heavy atom. The van der Waals surface area contributed by atoms with E-state index in [2.05, 4.69) is 15.6 Å². The highest BCUT2D eigenvalue weighted by molar-refractivity contribution is 5.91. The molecule has 0 fully saturated rings. The van der Waals surface area contributed by atoms with E-state index in [9.17, 15) is 9.59 Å². The Kier molecular flexibility index (Phi) is 5.86. The Labute approximate surface area is 158 Å². The van der Waals surface area contributed by atoms with Crippen molar-refractivity contribution in [3.8, 4) is 0 Å². The number of carbonyl (C=O) groups is 2. The molecule has 6 heteroatoms. The van der Waals surface area contributed by atoms with Gasteiger partial charge in [-0.25, -0.2) is 4.98 Å². The van der Waals surface area contributed by atoms with Crippen LogP contribution in [0, 0.1) is 6.92 Å². The molecule has 3 rings (SSSR count).